The molecule has 2 nitrogen and oxygen atoms in total. The van der Waals surface area contributed by atoms with Gasteiger partial charge in [-0.05, 0) is 161 Å². The number of hydrogen-bond acceptors (Lipinski definition) is 0. The van der Waals surface area contributed by atoms with Gasteiger partial charge in [-0.2, -0.15) is 0 Å². The molecule has 5 heterocycles. The van der Waals surface area contributed by atoms with Crippen molar-refractivity contribution in [3.63, 3.8) is 0 Å². The van der Waals surface area contributed by atoms with Gasteiger partial charge >= 0.3 is 0 Å². The standard InChI is InChI=1S/C66H55BN2/c1-34(2)39-23-25-59-48(26-39)49-28-41(36(5)6)31-57-62(49)68(59)64-52(45-24-22-38(9)43-16-10-11-17-44(43)45)33-56-65-60(64)67(57)58-32-42(37(7)8)29-51-50-27-40(35(3)4)30-55(61(50)69(65)63(51)58)66(56)53-20-14-12-18-46(53)47-19-13-15-21-54(47)66/h10-37H,1-9H3. The maximum Gasteiger partial charge on any atom is 0.252 e. The topological polar surface area (TPSA) is 9.86 Å². The van der Waals surface area contributed by atoms with E-state index in [9.17, 15) is 0 Å². The first kappa shape index (κ1) is 39.9. The van der Waals surface area contributed by atoms with Crippen molar-refractivity contribution < 1.29 is 0 Å². The van der Waals surface area contributed by atoms with Crippen LogP contribution < -0.4 is 16.4 Å². The fourth-order valence-corrected chi connectivity index (χ4v) is 14.2. The number of rotatable bonds is 5. The molecule has 3 heteroatoms. The minimum Gasteiger partial charge on any atom is -0.310 e. The number of hydrogen-bond donors (Lipinski definition) is 0. The minimum atomic E-state index is -0.580. The third kappa shape index (κ3) is 4.71. The summed E-state index contributed by atoms with van der Waals surface area (Å²) in [5.74, 6) is 1.48. The lowest BCUT2D eigenvalue weighted by atomic mass is 9.33. The molecular weight excluding hydrogens is 832 g/mol. The molecule has 0 saturated heterocycles. The van der Waals surface area contributed by atoms with Gasteiger partial charge in [0.2, 0.25) is 0 Å². The summed E-state index contributed by atoms with van der Waals surface area (Å²) >= 11 is 0. The highest BCUT2D eigenvalue weighted by molar-refractivity contribution is 7.00. The number of nitrogens with zero attached hydrogens (tertiary/aromatic N) is 2. The average Bonchev–Trinajstić information content (AvgIpc) is 3.98. The van der Waals surface area contributed by atoms with E-state index in [2.05, 4.69) is 217 Å². The number of benzene rings is 9. The van der Waals surface area contributed by atoms with Gasteiger partial charge in [0.1, 0.15) is 0 Å². The van der Waals surface area contributed by atoms with Crippen LogP contribution in [0.4, 0.5) is 0 Å². The van der Waals surface area contributed by atoms with Gasteiger partial charge in [0.15, 0.2) is 0 Å². The van der Waals surface area contributed by atoms with Gasteiger partial charge in [0, 0.05) is 43.8 Å². The molecule has 4 aliphatic rings. The Morgan fingerprint density at radius 2 is 0.913 bits per heavy atom. The van der Waals surface area contributed by atoms with Gasteiger partial charge in [0.25, 0.3) is 6.71 Å². The van der Waals surface area contributed by atoms with E-state index < -0.39 is 5.41 Å². The van der Waals surface area contributed by atoms with E-state index in [1.165, 1.54) is 154 Å². The van der Waals surface area contributed by atoms with E-state index >= 15 is 0 Å². The Balaban J connectivity index is 1.27. The second kappa shape index (κ2) is 13.4. The molecule has 15 rings (SSSR count). The monoisotopic (exact) mass is 886 g/mol. The predicted octanol–water partition coefficient (Wildman–Crippen LogP) is 15.3. The van der Waals surface area contributed by atoms with Crippen molar-refractivity contribution in [2.75, 3.05) is 0 Å². The molecule has 1 aliphatic carbocycles. The lowest BCUT2D eigenvalue weighted by molar-refractivity contribution is 0.744. The van der Waals surface area contributed by atoms with Crippen LogP contribution in [0.2, 0.25) is 0 Å². The summed E-state index contributed by atoms with van der Waals surface area (Å²) in [6.45, 7) is 21.3. The van der Waals surface area contributed by atoms with Crippen LogP contribution in [0.5, 0.6) is 0 Å². The van der Waals surface area contributed by atoms with Gasteiger partial charge in [-0.25, -0.2) is 0 Å². The highest BCUT2D eigenvalue weighted by Gasteiger charge is 2.55. The third-order valence-electron chi connectivity index (χ3n) is 17.5. The molecule has 332 valence electrons. The fraction of sp³-hybridized carbons (Fsp3) is 0.212. The quantitative estimate of drug-likeness (QED) is 0.152. The largest absolute Gasteiger partial charge is 0.310 e. The maximum absolute atomic E-state index is 2.80. The molecule has 0 amide bonds. The van der Waals surface area contributed by atoms with Crippen LogP contribution in [-0.4, -0.2) is 15.8 Å². The van der Waals surface area contributed by atoms with Gasteiger partial charge in [0.05, 0.1) is 22.1 Å². The highest BCUT2D eigenvalue weighted by Crippen LogP contribution is 2.63. The number of aryl methyl sites for hydroxylation is 1. The summed E-state index contributed by atoms with van der Waals surface area (Å²) in [5.41, 5.74) is 29.6. The maximum atomic E-state index is 2.80. The first-order valence-electron chi connectivity index (χ1n) is 25.7. The van der Waals surface area contributed by atoms with Crippen LogP contribution in [-0.2, 0) is 5.41 Å². The van der Waals surface area contributed by atoms with E-state index in [1.807, 2.05) is 0 Å². The minimum absolute atomic E-state index is 0.000987. The molecule has 0 bridgehead atoms. The van der Waals surface area contributed by atoms with Gasteiger partial charge in [-0.15, -0.1) is 0 Å². The zero-order valence-corrected chi connectivity index (χ0v) is 41.1. The number of aromatic nitrogens is 2. The summed E-state index contributed by atoms with van der Waals surface area (Å²) in [6.07, 6.45) is 0. The third-order valence-corrected chi connectivity index (χ3v) is 17.5. The number of fused-ring (bicyclic) bond motifs is 15. The second-order valence-electron chi connectivity index (χ2n) is 22.4. The molecule has 1 spiro atoms. The van der Waals surface area contributed by atoms with Gasteiger partial charge in [-0.3, -0.25) is 0 Å². The van der Waals surface area contributed by atoms with Crippen molar-refractivity contribution in [2.24, 2.45) is 0 Å². The zero-order chi connectivity index (χ0) is 46.7. The Morgan fingerprint density at radius 3 is 1.55 bits per heavy atom. The smallest absolute Gasteiger partial charge is 0.252 e. The Bertz CT molecular complexity index is 4120. The van der Waals surface area contributed by atoms with Gasteiger partial charge in [-0.1, -0.05) is 165 Å². The summed E-state index contributed by atoms with van der Waals surface area (Å²) in [5, 5.41) is 8.12. The van der Waals surface area contributed by atoms with Crippen LogP contribution in [0.3, 0.4) is 0 Å². The molecular formula is C66H55BN2. The zero-order valence-electron chi connectivity index (χ0n) is 41.1. The Labute approximate surface area is 405 Å². The highest BCUT2D eigenvalue weighted by atomic mass is 15.1. The van der Waals surface area contributed by atoms with E-state index in [0.717, 1.165) is 0 Å². The van der Waals surface area contributed by atoms with Crippen molar-refractivity contribution in [3.8, 4) is 33.6 Å². The van der Waals surface area contributed by atoms with Crippen molar-refractivity contribution >= 4 is 77.5 Å². The molecule has 0 unspecified atom stereocenters. The van der Waals surface area contributed by atoms with Crippen LogP contribution in [0.25, 0.3) is 88.0 Å². The Hall–Kier alpha value is -7.10. The van der Waals surface area contributed by atoms with Crippen molar-refractivity contribution in [1.29, 1.82) is 0 Å². The van der Waals surface area contributed by atoms with Crippen LogP contribution in [0, 0.1) is 6.92 Å². The predicted molar refractivity (Wildman–Crippen MR) is 295 cm³/mol. The molecule has 0 saturated carbocycles. The molecule has 0 fully saturated rings. The summed E-state index contributed by atoms with van der Waals surface area (Å²) in [7, 11) is 0. The van der Waals surface area contributed by atoms with Crippen LogP contribution in [0.15, 0.2) is 146 Å². The SMILES string of the molecule is Cc1ccc(-c2cc3c4c5c2-n2c6ccc(C(C)C)cc6c6cc(C(C)C)cc(c62)B5c2cc(C(C)C)cc5c6cc(C(C)C)cc(c6n-4c25)C32c3ccccc3-c3ccccc32)c2ccccc12. The lowest BCUT2D eigenvalue weighted by Gasteiger charge is -2.45. The average molecular weight is 887 g/mol. The van der Waals surface area contributed by atoms with Crippen molar-refractivity contribution in [1.82, 2.24) is 9.13 Å². The molecule has 9 aromatic carbocycles. The molecule has 0 N–H and O–H groups in total. The van der Waals surface area contributed by atoms with Crippen LogP contribution in [0.1, 0.15) is 129 Å². The molecule has 2 aromatic heterocycles. The normalized spacial score (nSPS) is 14.5. The molecule has 0 radical (unpaired) electrons. The fourth-order valence-electron chi connectivity index (χ4n) is 14.2. The molecule has 11 aromatic rings. The summed E-state index contributed by atoms with van der Waals surface area (Å²) in [6, 6.07) is 58.5. The first-order valence-corrected chi connectivity index (χ1v) is 25.7. The first-order chi connectivity index (χ1) is 33.5. The molecule has 3 aliphatic heterocycles. The van der Waals surface area contributed by atoms with Crippen molar-refractivity contribution in [2.45, 2.75) is 91.4 Å². The molecule has 0 atom stereocenters. The van der Waals surface area contributed by atoms with E-state index in [1.54, 1.807) is 0 Å². The Kier molecular flexibility index (Phi) is 7.72. The van der Waals surface area contributed by atoms with E-state index in [4.69, 9.17) is 0 Å². The van der Waals surface area contributed by atoms with E-state index in [0.29, 0.717) is 23.7 Å². The van der Waals surface area contributed by atoms with Gasteiger partial charge < -0.3 is 9.13 Å². The molecule has 69 heavy (non-hydrogen) atoms. The van der Waals surface area contributed by atoms with Crippen LogP contribution >= 0.6 is 0 Å². The van der Waals surface area contributed by atoms with Crippen molar-refractivity contribution in [3.05, 3.63) is 196 Å². The second-order valence-corrected chi connectivity index (χ2v) is 22.4. The summed E-state index contributed by atoms with van der Waals surface area (Å²) < 4.78 is 5.55. The Morgan fingerprint density at radius 1 is 0.377 bits per heavy atom. The van der Waals surface area contributed by atoms with E-state index in [-0.39, 0.29) is 6.71 Å². The summed E-state index contributed by atoms with van der Waals surface area (Å²) in [4.78, 5) is 0. The lowest BCUT2D eigenvalue weighted by Crippen LogP contribution is -2.61.